The standard InChI is InChI=1S/C16H18FNO2/c1-3-19-12-6-4-7-13(10-12)20-16-14(11(2)18)8-5-9-15(16)17/h4-11H,3,18H2,1-2H3/t11-/m0/s1. The molecule has 3 nitrogen and oxygen atoms in total. The zero-order chi connectivity index (χ0) is 14.5. The molecule has 0 aliphatic heterocycles. The average Bonchev–Trinajstić information content (AvgIpc) is 2.41. The number of para-hydroxylation sites is 1. The second kappa shape index (κ2) is 6.39. The number of ether oxygens (including phenoxy) is 2. The van der Waals surface area contributed by atoms with Crippen molar-refractivity contribution in [1.82, 2.24) is 0 Å². The van der Waals surface area contributed by atoms with Crippen LogP contribution in [0.4, 0.5) is 4.39 Å². The fourth-order valence-electron chi connectivity index (χ4n) is 1.90. The van der Waals surface area contributed by atoms with Gasteiger partial charge in [0.25, 0.3) is 0 Å². The molecule has 4 heteroatoms. The van der Waals surface area contributed by atoms with E-state index in [4.69, 9.17) is 15.2 Å². The molecule has 0 radical (unpaired) electrons. The SMILES string of the molecule is CCOc1cccc(Oc2c(F)cccc2[C@H](C)N)c1. The third kappa shape index (κ3) is 3.27. The highest BCUT2D eigenvalue weighted by Crippen LogP contribution is 2.32. The Kier molecular flexibility index (Phi) is 4.58. The van der Waals surface area contributed by atoms with Crippen LogP contribution in [0.25, 0.3) is 0 Å². The molecule has 0 heterocycles. The van der Waals surface area contributed by atoms with Gasteiger partial charge in [0.1, 0.15) is 11.5 Å². The molecule has 0 aromatic heterocycles. The van der Waals surface area contributed by atoms with Crippen LogP contribution in [0.5, 0.6) is 17.2 Å². The summed E-state index contributed by atoms with van der Waals surface area (Å²) in [5.74, 6) is 0.935. The molecule has 0 aliphatic rings. The van der Waals surface area contributed by atoms with Crippen LogP contribution in [0.3, 0.4) is 0 Å². The lowest BCUT2D eigenvalue weighted by Gasteiger charge is -2.15. The van der Waals surface area contributed by atoms with Crippen LogP contribution in [0.1, 0.15) is 25.5 Å². The van der Waals surface area contributed by atoms with Crippen molar-refractivity contribution >= 4 is 0 Å². The first-order valence-electron chi connectivity index (χ1n) is 6.56. The van der Waals surface area contributed by atoms with E-state index in [1.54, 1.807) is 37.3 Å². The van der Waals surface area contributed by atoms with Gasteiger partial charge in [-0.1, -0.05) is 18.2 Å². The lowest BCUT2D eigenvalue weighted by atomic mass is 10.1. The summed E-state index contributed by atoms with van der Waals surface area (Å²) in [6.07, 6.45) is 0. The highest BCUT2D eigenvalue weighted by Gasteiger charge is 2.14. The van der Waals surface area contributed by atoms with Crippen LogP contribution in [0, 0.1) is 5.82 Å². The summed E-state index contributed by atoms with van der Waals surface area (Å²) in [7, 11) is 0. The molecule has 0 saturated heterocycles. The van der Waals surface area contributed by atoms with Gasteiger partial charge in [0.05, 0.1) is 6.61 Å². The van der Waals surface area contributed by atoms with Crippen molar-refractivity contribution in [2.75, 3.05) is 6.61 Å². The molecule has 0 aliphatic carbocycles. The van der Waals surface area contributed by atoms with Crippen molar-refractivity contribution in [2.45, 2.75) is 19.9 Å². The first-order valence-corrected chi connectivity index (χ1v) is 6.56. The second-order valence-electron chi connectivity index (χ2n) is 4.46. The average molecular weight is 275 g/mol. The van der Waals surface area contributed by atoms with Crippen molar-refractivity contribution in [3.05, 3.63) is 53.8 Å². The van der Waals surface area contributed by atoms with Gasteiger partial charge in [-0.3, -0.25) is 0 Å². The Bertz CT molecular complexity index is 584. The number of halogens is 1. The Morgan fingerprint density at radius 2 is 1.85 bits per heavy atom. The van der Waals surface area contributed by atoms with Gasteiger partial charge in [-0.2, -0.15) is 0 Å². The van der Waals surface area contributed by atoms with E-state index < -0.39 is 5.82 Å². The normalized spacial score (nSPS) is 12.0. The van der Waals surface area contributed by atoms with E-state index in [9.17, 15) is 4.39 Å². The second-order valence-corrected chi connectivity index (χ2v) is 4.46. The molecule has 0 saturated carbocycles. The van der Waals surface area contributed by atoms with Gasteiger partial charge < -0.3 is 15.2 Å². The van der Waals surface area contributed by atoms with E-state index >= 15 is 0 Å². The smallest absolute Gasteiger partial charge is 0.167 e. The lowest BCUT2D eigenvalue weighted by Crippen LogP contribution is -2.07. The Labute approximate surface area is 118 Å². The number of benzene rings is 2. The molecule has 0 unspecified atom stereocenters. The highest BCUT2D eigenvalue weighted by molar-refractivity contribution is 5.42. The summed E-state index contributed by atoms with van der Waals surface area (Å²) in [5, 5.41) is 0. The third-order valence-electron chi connectivity index (χ3n) is 2.82. The molecular formula is C16H18FNO2. The van der Waals surface area contributed by atoms with Crippen molar-refractivity contribution in [1.29, 1.82) is 0 Å². The summed E-state index contributed by atoms with van der Waals surface area (Å²) in [6, 6.07) is 11.5. The Balaban J connectivity index is 2.32. The van der Waals surface area contributed by atoms with E-state index in [0.717, 1.165) is 0 Å². The molecule has 2 N–H and O–H groups in total. The minimum atomic E-state index is -0.429. The summed E-state index contributed by atoms with van der Waals surface area (Å²) >= 11 is 0. The van der Waals surface area contributed by atoms with Gasteiger partial charge in [0.2, 0.25) is 0 Å². The van der Waals surface area contributed by atoms with Crippen LogP contribution in [0.2, 0.25) is 0 Å². The third-order valence-corrected chi connectivity index (χ3v) is 2.82. The maximum absolute atomic E-state index is 13.9. The Morgan fingerprint density at radius 1 is 1.15 bits per heavy atom. The van der Waals surface area contributed by atoms with Gasteiger partial charge in [-0.25, -0.2) is 4.39 Å². The number of hydrogen-bond acceptors (Lipinski definition) is 3. The highest BCUT2D eigenvalue weighted by atomic mass is 19.1. The maximum atomic E-state index is 13.9. The van der Waals surface area contributed by atoms with Gasteiger partial charge in [0.15, 0.2) is 11.6 Å². The van der Waals surface area contributed by atoms with Gasteiger partial charge in [-0.05, 0) is 32.0 Å². The molecule has 2 rings (SSSR count). The van der Waals surface area contributed by atoms with E-state index in [0.29, 0.717) is 23.7 Å². The molecule has 0 spiro atoms. The molecule has 0 fully saturated rings. The zero-order valence-corrected chi connectivity index (χ0v) is 11.6. The van der Waals surface area contributed by atoms with E-state index in [1.807, 2.05) is 13.0 Å². The Hall–Kier alpha value is -2.07. The number of rotatable bonds is 5. The van der Waals surface area contributed by atoms with Gasteiger partial charge in [0, 0.05) is 17.7 Å². The quantitative estimate of drug-likeness (QED) is 0.895. The maximum Gasteiger partial charge on any atom is 0.167 e. The molecular weight excluding hydrogens is 257 g/mol. The van der Waals surface area contributed by atoms with E-state index in [2.05, 4.69) is 0 Å². The van der Waals surface area contributed by atoms with Gasteiger partial charge >= 0.3 is 0 Å². The predicted molar refractivity (Wildman–Crippen MR) is 76.7 cm³/mol. The van der Waals surface area contributed by atoms with Crippen molar-refractivity contribution in [3.8, 4) is 17.2 Å². The molecule has 106 valence electrons. The molecule has 2 aromatic carbocycles. The molecule has 1 atom stereocenters. The fourth-order valence-corrected chi connectivity index (χ4v) is 1.90. The number of nitrogens with two attached hydrogens (primary N) is 1. The van der Waals surface area contributed by atoms with E-state index in [1.165, 1.54) is 6.07 Å². The largest absolute Gasteiger partial charge is 0.494 e. The summed E-state index contributed by atoms with van der Waals surface area (Å²) in [6.45, 7) is 4.26. The zero-order valence-electron chi connectivity index (χ0n) is 11.6. The monoisotopic (exact) mass is 275 g/mol. The van der Waals surface area contributed by atoms with Crippen LogP contribution >= 0.6 is 0 Å². The minimum absolute atomic E-state index is 0.163. The van der Waals surface area contributed by atoms with Crippen LogP contribution in [-0.4, -0.2) is 6.61 Å². The van der Waals surface area contributed by atoms with Crippen LogP contribution in [-0.2, 0) is 0 Å². The summed E-state index contributed by atoms with van der Waals surface area (Å²) in [5.41, 5.74) is 6.47. The lowest BCUT2D eigenvalue weighted by molar-refractivity contribution is 0.337. The fraction of sp³-hybridized carbons (Fsp3) is 0.250. The first-order chi connectivity index (χ1) is 9.61. The molecule has 2 aromatic rings. The predicted octanol–water partition coefficient (Wildman–Crippen LogP) is 4.04. The summed E-state index contributed by atoms with van der Waals surface area (Å²) in [4.78, 5) is 0. The van der Waals surface area contributed by atoms with Crippen molar-refractivity contribution in [2.24, 2.45) is 5.73 Å². The summed E-state index contributed by atoms with van der Waals surface area (Å²) < 4.78 is 25.0. The molecule has 0 bridgehead atoms. The van der Waals surface area contributed by atoms with Crippen molar-refractivity contribution in [3.63, 3.8) is 0 Å². The van der Waals surface area contributed by atoms with Crippen LogP contribution in [0.15, 0.2) is 42.5 Å². The first kappa shape index (κ1) is 14.3. The van der Waals surface area contributed by atoms with E-state index in [-0.39, 0.29) is 11.8 Å². The Morgan fingerprint density at radius 3 is 2.55 bits per heavy atom. The van der Waals surface area contributed by atoms with Gasteiger partial charge in [-0.15, -0.1) is 0 Å². The molecule has 0 amide bonds. The molecule has 20 heavy (non-hydrogen) atoms. The minimum Gasteiger partial charge on any atom is -0.494 e. The van der Waals surface area contributed by atoms with Crippen molar-refractivity contribution < 1.29 is 13.9 Å². The topological polar surface area (TPSA) is 44.5 Å². The van der Waals surface area contributed by atoms with Crippen LogP contribution < -0.4 is 15.2 Å². The number of hydrogen-bond donors (Lipinski definition) is 1.